The lowest BCUT2D eigenvalue weighted by Crippen LogP contribution is -2.00. The smallest absolute Gasteiger partial charge is 0.0898 e. The van der Waals surface area contributed by atoms with Gasteiger partial charge in [0.2, 0.25) is 0 Å². The number of thiazole rings is 1. The molecule has 4 heteroatoms. The van der Waals surface area contributed by atoms with E-state index in [0.29, 0.717) is 6.54 Å². The number of rotatable bonds is 3. The highest BCUT2D eigenvalue weighted by Gasteiger charge is 2.06. The first-order valence-corrected chi connectivity index (χ1v) is 6.83. The van der Waals surface area contributed by atoms with Crippen LogP contribution >= 0.6 is 11.3 Å². The van der Waals surface area contributed by atoms with Gasteiger partial charge in [0.25, 0.3) is 0 Å². The summed E-state index contributed by atoms with van der Waals surface area (Å²) in [6.07, 6.45) is 2.11. The van der Waals surface area contributed by atoms with Gasteiger partial charge in [-0.15, -0.1) is 11.3 Å². The molecule has 3 nitrogen and oxygen atoms in total. The van der Waals surface area contributed by atoms with Gasteiger partial charge >= 0.3 is 0 Å². The SMILES string of the molecule is Cc1nc(Cn2ccc3c(CN)cccc32)cs1. The zero-order valence-corrected chi connectivity index (χ0v) is 11.1. The van der Waals surface area contributed by atoms with Crippen LogP contribution in [-0.4, -0.2) is 9.55 Å². The Morgan fingerprint density at radius 1 is 1.33 bits per heavy atom. The lowest BCUT2D eigenvalue weighted by Gasteiger charge is -2.04. The second kappa shape index (κ2) is 4.55. The molecule has 3 aromatic rings. The van der Waals surface area contributed by atoms with E-state index < -0.39 is 0 Å². The van der Waals surface area contributed by atoms with E-state index in [1.54, 1.807) is 11.3 Å². The Hall–Kier alpha value is -1.65. The Kier molecular flexibility index (Phi) is 2.89. The summed E-state index contributed by atoms with van der Waals surface area (Å²) in [5.41, 5.74) is 9.30. The monoisotopic (exact) mass is 257 g/mol. The summed E-state index contributed by atoms with van der Waals surface area (Å²) in [4.78, 5) is 4.51. The first-order chi connectivity index (χ1) is 8.78. The molecule has 0 bridgehead atoms. The van der Waals surface area contributed by atoms with Gasteiger partial charge in [-0.3, -0.25) is 0 Å². The van der Waals surface area contributed by atoms with Gasteiger partial charge in [-0.05, 0) is 24.6 Å². The molecule has 2 heterocycles. The molecule has 0 atom stereocenters. The summed E-state index contributed by atoms with van der Waals surface area (Å²) in [7, 11) is 0. The predicted molar refractivity (Wildman–Crippen MR) is 75.8 cm³/mol. The Morgan fingerprint density at radius 3 is 2.94 bits per heavy atom. The number of aryl methyl sites for hydroxylation is 1. The van der Waals surface area contributed by atoms with Crippen molar-refractivity contribution in [3.63, 3.8) is 0 Å². The molecule has 0 saturated carbocycles. The molecule has 0 unspecified atom stereocenters. The molecule has 0 fully saturated rings. The fourth-order valence-corrected chi connectivity index (χ4v) is 2.86. The number of nitrogens with two attached hydrogens (primary N) is 1. The van der Waals surface area contributed by atoms with Crippen molar-refractivity contribution < 1.29 is 0 Å². The molecule has 18 heavy (non-hydrogen) atoms. The highest BCUT2D eigenvalue weighted by molar-refractivity contribution is 7.09. The summed E-state index contributed by atoms with van der Waals surface area (Å²) >= 11 is 1.69. The van der Waals surface area contributed by atoms with E-state index in [1.165, 1.54) is 16.5 Å². The van der Waals surface area contributed by atoms with Crippen molar-refractivity contribution in [1.82, 2.24) is 9.55 Å². The van der Waals surface area contributed by atoms with Crippen molar-refractivity contribution >= 4 is 22.2 Å². The van der Waals surface area contributed by atoms with Crippen molar-refractivity contribution in [1.29, 1.82) is 0 Å². The third-order valence-electron chi connectivity index (χ3n) is 3.12. The number of nitrogens with zero attached hydrogens (tertiary/aromatic N) is 2. The first kappa shape index (κ1) is 11.4. The van der Waals surface area contributed by atoms with Crippen molar-refractivity contribution in [3.8, 4) is 0 Å². The van der Waals surface area contributed by atoms with E-state index in [0.717, 1.165) is 17.2 Å². The average molecular weight is 257 g/mol. The minimum absolute atomic E-state index is 0.581. The predicted octanol–water partition coefficient (Wildman–Crippen LogP) is 2.91. The quantitative estimate of drug-likeness (QED) is 0.784. The molecule has 2 aromatic heterocycles. The molecule has 0 aliphatic carbocycles. The minimum Gasteiger partial charge on any atom is -0.341 e. The van der Waals surface area contributed by atoms with Gasteiger partial charge in [0.1, 0.15) is 0 Å². The summed E-state index contributed by atoms with van der Waals surface area (Å²) < 4.78 is 2.23. The zero-order chi connectivity index (χ0) is 12.5. The maximum atomic E-state index is 5.76. The number of hydrogen-bond acceptors (Lipinski definition) is 3. The molecule has 0 aliphatic heterocycles. The van der Waals surface area contributed by atoms with Gasteiger partial charge in [0.15, 0.2) is 0 Å². The summed E-state index contributed by atoms with van der Waals surface area (Å²) in [5, 5.41) is 4.48. The fourth-order valence-electron chi connectivity index (χ4n) is 2.26. The second-order valence-electron chi connectivity index (χ2n) is 4.36. The molecule has 1 aromatic carbocycles. The molecular formula is C14H15N3S. The number of benzene rings is 1. The van der Waals surface area contributed by atoms with Crippen LogP contribution in [0, 0.1) is 6.92 Å². The summed E-state index contributed by atoms with van der Waals surface area (Å²) in [5.74, 6) is 0. The van der Waals surface area contributed by atoms with Crippen molar-refractivity contribution in [3.05, 3.63) is 52.1 Å². The number of fused-ring (bicyclic) bond motifs is 1. The Balaban J connectivity index is 2.02. The molecule has 3 rings (SSSR count). The first-order valence-electron chi connectivity index (χ1n) is 5.96. The maximum absolute atomic E-state index is 5.76. The van der Waals surface area contributed by atoms with E-state index in [1.807, 2.05) is 6.92 Å². The highest BCUT2D eigenvalue weighted by atomic mass is 32.1. The lowest BCUT2D eigenvalue weighted by atomic mass is 10.1. The standard InChI is InChI=1S/C14H15N3S/c1-10-16-12(9-18-10)8-17-6-5-13-11(7-15)3-2-4-14(13)17/h2-6,9H,7-8,15H2,1H3. The van der Waals surface area contributed by atoms with Crippen molar-refractivity contribution in [2.75, 3.05) is 0 Å². The summed E-state index contributed by atoms with van der Waals surface area (Å²) in [6, 6.07) is 8.41. The van der Waals surface area contributed by atoms with Gasteiger partial charge in [-0.1, -0.05) is 12.1 Å². The minimum atomic E-state index is 0.581. The van der Waals surface area contributed by atoms with Crippen molar-refractivity contribution in [2.45, 2.75) is 20.0 Å². The van der Waals surface area contributed by atoms with Crippen LogP contribution in [0.3, 0.4) is 0 Å². The van der Waals surface area contributed by atoms with Gasteiger partial charge in [-0.25, -0.2) is 4.98 Å². The molecule has 0 radical (unpaired) electrons. The average Bonchev–Trinajstić information content (AvgIpc) is 2.97. The summed E-state index contributed by atoms with van der Waals surface area (Å²) in [6.45, 7) is 3.44. The van der Waals surface area contributed by atoms with Gasteiger partial charge in [-0.2, -0.15) is 0 Å². The largest absolute Gasteiger partial charge is 0.341 e. The third kappa shape index (κ3) is 1.94. The van der Waals surface area contributed by atoms with E-state index in [4.69, 9.17) is 5.73 Å². The molecule has 0 spiro atoms. The van der Waals surface area contributed by atoms with Crippen molar-refractivity contribution in [2.24, 2.45) is 5.73 Å². The molecule has 92 valence electrons. The van der Waals surface area contributed by atoms with E-state index >= 15 is 0 Å². The Labute approximate surface area is 110 Å². The topological polar surface area (TPSA) is 43.8 Å². The Bertz CT molecular complexity index is 681. The van der Waals surface area contributed by atoms with E-state index in [2.05, 4.69) is 45.4 Å². The molecule has 0 aliphatic rings. The fraction of sp³-hybridized carbons (Fsp3) is 0.214. The van der Waals surface area contributed by atoms with Gasteiger partial charge < -0.3 is 10.3 Å². The van der Waals surface area contributed by atoms with E-state index in [-0.39, 0.29) is 0 Å². The van der Waals surface area contributed by atoms with E-state index in [9.17, 15) is 0 Å². The van der Waals surface area contributed by atoms with Crippen LogP contribution in [0.1, 0.15) is 16.3 Å². The highest BCUT2D eigenvalue weighted by Crippen LogP contribution is 2.21. The maximum Gasteiger partial charge on any atom is 0.0898 e. The van der Waals surface area contributed by atoms with Crippen LogP contribution in [0.2, 0.25) is 0 Å². The molecule has 0 amide bonds. The molecular weight excluding hydrogens is 242 g/mol. The van der Waals surface area contributed by atoms with Gasteiger partial charge in [0.05, 0.1) is 17.2 Å². The third-order valence-corrected chi connectivity index (χ3v) is 3.95. The molecule has 2 N–H and O–H groups in total. The van der Waals surface area contributed by atoms with Crippen LogP contribution in [0.25, 0.3) is 10.9 Å². The van der Waals surface area contributed by atoms with Crippen LogP contribution in [-0.2, 0) is 13.1 Å². The number of hydrogen-bond donors (Lipinski definition) is 1. The normalized spacial score (nSPS) is 11.2. The Morgan fingerprint density at radius 2 is 2.22 bits per heavy atom. The van der Waals surface area contributed by atoms with Gasteiger partial charge in [0, 0.05) is 29.0 Å². The van der Waals surface area contributed by atoms with Crippen LogP contribution in [0.15, 0.2) is 35.8 Å². The molecule has 0 saturated heterocycles. The van der Waals surface area contributed by atoms with Crippen LogP contribution in [0.5, 0.6) is 0 Å². The zero-order valence-electron chi connectivity index (χ0n) is 10.3. The van der Waals surface area contributed by atoms with Crippen LogP contribution < -0.4 is 5.73 Å². The van der Waals surface area contributed by atoms with Crippen LogP contribution in [0.4, 0.5) is 0 Å². The lowest BCUT2D eigenvalue weighted by molar-refractivity contribution is 0.811. The number of aromatic nitrogens is 2. The second-order valence-corrected chi connectivity index (χ2v) is 5.42.